The number of rotatable bonds is 8. The topological polar surface area (TPSA) is 124 Å². The SMILES string of the molecule is COC(=O)C(C)(NC(=O)OCc1ccccc1)c1cc(-c2ccc(F)c(Cl)c2)nc(C(O)(CN)C(F)(F)F)c1. The second-order valence-corrected chi connectivity index (χ2v) is 9.03. The Kier molecular flexibility index (Phi) is 8.84. The predicted octanol–water partition coefficient (Wildman–Crippen LogP) is 4.56. The highest BCUT2D eigenvalue weighted by atomic mass is 35.5. The van der Waals surface area contributed by atoms with Gasteiger partial charge in [0, 0.05) is 12.1 Å². The zero-order valence-corrected chi connectivity index (χ0v) is 21.4. The average Bonchev–Trinajstić information content (AvgIpc) is 2.92. The van der Waals surface area contributed by atoms with E-state index >= 15 is 0 Å². The van der Waals surface area contributed by atoms with Crippen molar-refractivity contribution >= 4 is 23.7 Å². The first-order chi connectivity index (χ1) is 18.2. The number of alkyl carbamates (subject to hydrolysis) is 1. The second kappa shape index (κ2) is 11.6. The van der Waals surface area contributed by atoms with E-state index in [1.165, 1.54) is 6.07 Å². The minimum absolute atomic E-state index is 0.0462. The first-order valence-electron chi connectivity index (χ1n) is 11.3. The quantitative estimate of drug-likeness (QED) is 0.268. The molecule has 0 bridgehead atoms. The largest absolute Gasteiger partial charge is 0.467 e. The summed E-state index contributed by atoms with van der Waals surface area (Å²) in [7, 11) is 1.01. The summed E-state index contributed by atoms with van der Waals surface area (Å²) in [5, 5.41) is 12.5. The number of esters is 1. The Morgan fingerprint density at radius 2 is 1.77 bits per heavy atom. The number of ether oxygens (including phenoxy) is 2. The maximum Gasteiger partial charge on any atom is 0.424 e. The van der Waals surface area contributed by atoms with Crippen LogP contribution in [0, 0.1) is 5.82 Å². The Bertz CT molecular complexity index is 1360. The smallest absolute Gasteiger partial charge is 0.424 e. The van der Waals surface area contributed by atoms with Gasteiger partial charge >= 0.3 is 18.2 Å². The van der Waals surface area contributed by atoms with E-state index in [4.69, 9.17) is 26.8 Å². The van der Waals surface area contributed by atoms with Gasteiger partial charge in [-0.1, -0.05) is 41.9 Å². The van der Waals surface area contributed by atoms with Gasteiger partial charge in [0.25, 0.3) is 0 Å². The molecule has 0 radical (unpaired) electrons. The molecule has 0 saturated carbocycles. The maximum atomic E-state index is 13.9. The summed E-state index contributed by atoms with van der Waals surface area (Å²) in [4.78, 5) is 29.5. The van der Waals surface area contributed by atoms with E-state index in [9.17, 15) is 32.3 Å². The molecule has 208 valence electrons. The van der Waals surface area contributed by atoms with Crippen LogP contribution < -0.4 is 11.1 Å². The van der Waals surface area contributed by atoms with Crippen LogP contribution in [-0.4, -0.2) is 42.0 Å². The van der Waals surface area contributed by atoms with E-state index in [1.54, 1.807) is 30.3 Å². The third-order valence-corrected chi connectivity index (χ3v) is 6.25. The number of nitrogens with two attached hydrogens (primary N) is 1. The molecule has 0 fully saturated rings. The monoisotopic (exact) mass is 569 g/mol. The predicted molar refractivity (Wildman–Crippen MR) is 133 cm³/mol. The van der Waals surface area contributed by atoms with Gasteiger partial charge in [0.05, 0.1) is 23.5 Å². The molecule has 4 N–H and O–H groups in total. The second-order valence-electron chi connectivity index (χ2n) is 8.62. The van der Waals surface area contributed by atoms with Crippen molar-refractivity contribution in [1.29, 1.82) is 0 Å². The Morgan fingerprint density at radius 3 is 2.33 bits per heavy atom. The molecule has 3 aromatic rings. The molecule has 13 heteroatoms. The number of carbonyl (C=O) groups excluding carboxylic acids is 2. The van der Waals surface area contributed by atoms with Crippen LogP contribution in [-0.2, 0) is 32.0 Å². The molecule has 0 aliphatic rings. The van der Waals surface area contributed by atoms with Gasteiger partial charge < -0.3 is 25.6 Å². The lowest BCUT2D eigenvalue weighted by Crippen LogP contribution is -2.52. The fourth-order valence-corrected chi connectivity index (χ4v) is 3.79. The Labute approximate surface area is 225 Å². The highest BCUT2D eigenvalue weighted by Gasteiger charge is 2.56. The van der Waals surface area contributed by atoms with Gasteiger partial charge in [0.1, 0.15) is 12.4 Å². The third kappa shape index (κ3) is 6.29. The lowest BCUT2D eigenvalue weighted by molar-refractivity contribution is -0.263. The van der Waals surface area contributed by atoms with Crippen LogP contribution in [0.5, 0.6) is 0 Å². The molecule has 0 aliphatic carbocycles. The van der Waals surface area contributed by atoms with Crippen LogP contribution in [0.3, 0.4) is 0 Å². The molecule has 8 nitrogen and oxygen atoms in total. The first-order valence-corrected chi connectivity index (χ1v) is 11.7. The van der Waals surface area contributed by atoms with E-state index in [-0.39, 0.29) is 28.5 Å². The van der Waals surface area contributed by atoms with E-state index in [2.05, 4.69) is 10.3 Å². The van der Waals surface area contributed by atoms with Crippen molar-refractivity contribution in [3.8, 4) is 11.3 Å². The zero-order valence-electron chi connectivity index (χ0n) is 20.7. The molecule has 0 saturated heterocycles. The Morgan fingerprint density at radius 1 is 1.10 bits per heavy atom. The lowest BCUT2D eigenvalue weighted by atomic mass is 9.87. The Hall–Kier alpha value is -3.74. The zero-order chi connectivity index (χ0) is 29.0. The number of hydrogen-bond acceptors (Lipinski definition) is 7. The maximum absolute atomic E-state index is 13.9. The van der Waals surface area contributed by atoms with Crippen molar-refractivity contribution in [1.82, 2.24) is 10.3 Å². The van der Waals surface area contributed by atoms with Crippen molar-refractivity contribution in [2.75, 3.05) is 13.7 Å². The number of halogens is 5. The number of aromatic nitrogens is 1. The fraction of sp³-hybridized carbons (Fsp3) is 0.269. The standard InChI is InChI=1S/C26H24ClF4N3O5/c1-24(22(35)38-2,34-23(36)39-13-15-6-4-3-5-7-15)17-11-20(16-8-9-19(28)18(27)10-16)33-21(12-17)25(37,14-32)26(29,30)31/h3-12,37H,13-14,32H2,1-2H3,(H,34,36). The summed E-state index contributed by atoms with van der Waals surface area (Å²) in [6, 6.07) is 13.7. The summed E-state index contributed by atoms with van der Waals surface area (Å²) < 4.78 is 65.6. The molecule has 0 spiro atoms. The molecule has 2 unspecified atom stereocenters. The van der Waals surface area contributed by atoms with E-state index in [0.717, 1.165) is 38.3 Å². The van der Waals surface area contributed by atoms with Crippen LogP contribution in [0.1, 0.15) is 23.7 Å². The third-order valence-electron chi connectivity index (χ3n) is 5.96. The van der Waals surface area contributed by atoms with Crippen LogP contribution >= 0.6 is 11.6 Å². The number of pyridine rings is 1. The van der Waals surface area contributed by atoms with Crippen LogP contribution in [0.15, 0.2) is 60.7 Å². The average molecular weight is 570 g/mol. The first kappa shape index (κ1) is 29.8. The highest BCUT2D eigenvalue weighted by molar-refractivity contribution is 6.31. The number of methoxy groups -OCH3 is 1. The molecular formula is C26H24ClF4N3O5. The van der Waals surface area contributed by atoms with Crippen molar-refractivity contribution in [3.05, 3.63) is 88.3 Å². The van der Waals surface area contributed by atoms with Gasteiger partial charge in [0.15, 0.2) is 5.54 Å². The van der Waals surface area contributed by atoms with Crippen molar-refractivity contribution in [3.63, 3.8) is 0 Å². The van der Waals surface area contributed by atoms with E-state index < -0.39 is 47.4 Å². The Balaban J connectivity index is 2.16. The molecule has 1 heterocycles. The number of nitrogens with zero attached hydrogens (tertiary/aromatic N) is 1. The van der Waals surface area contributed by atoms with Crippen molar-refractivity contribution < 1.29 is 41.7 Å². The lowest BCUT2D eigenvalue weighted by Gasteiger charge is -2.32. The number of alkyl halides is 3. The number of nitrogens with one attached hydrogen (secondary N) is 1. The number of amides is 1. The minimum atomic E-state index is -5.28. The molecular weight excluding hydrogens is 546 g/mol. The van der Waals surface area contributed by atoms with Crippen LogP contribution in [0.2, 0.25) is 5.02 Å². The fourth-order valence-electron chi connectivity index (χ4n) is 3.61. The van der Waals surface area contributed by atoms with Gasteiger partial charge in [-0.15, -0.1) is 0 Å². The summed E-state index contributed by atoms with van der Waals surface area (Å²) in [5.74, 6) is -1.88. The minimum Gasteiger partial charge on any atom is -0.467 e. The molecule has 39 heavy (non-hydrogen) atoms. The van der Waals surface area contributed by atoms with Crippen LogP contribution in [0.25, 0.3) is 11.3 Å². The number of aliphatic hydroxyl groups is 1. The normalized spacial score (nSPS) is 14.6. The summed E-state index contributed by atoms with van der Waals surface area (Å²) in [6.07, 6.45) is -6.38. The van der Waals surface area contributed by atoms with Gasteiger partial charge in [-0.25, -0.2) is 19.0 Å². The number of hydrogen-bond donors (Lipinski definition) is 3. The van der Waals surface area contributed by atoms with Crippen LogP contribution in [0.4, 0.5) is 22.4 Å². The molecule has 1 aromatic heterocycles. The van der Waals surface area contributed by atoms with E-state index in [1.807, 2.05) is 0 Å². The molecule has 1 amide bonds. The number of benzene rings is 2. The van der Waals surface area contributed by atoms with E-state index in [0.29, 0.717) is 5.56 Å². The highest BCUT2D eigenvalue weighted by Crippen LogP contribution is 2.40. The molecule has 0 aliphatic heterocycles. The summed E-state index contributed by atoms with van der Waals surface area (Å²) >= 11 is 5.85. The van der Waals surface area contributed by atoms with Crippen molar-refractivity contribution in [2.24, 2.45) is 5.73 Å². The summed E-state index contributed by atoms with van der Waals surface area (Å²) in [6.45, 7) is -0.331. The van der Waals surface area contributed by atoms with Gasteiger partial charge in [-0.2, -0.15) is 13.2 Å². The van der Waals surface area contributed by atoms with Crippen molar-refractivity contribution in [2.45, 2.75) is 30.8 Å². The molecule has 2 atom stereocenters. The molecule has 2 aromatic carbocycles. The van der Waals surface area contributed by atoms with Gasteiger partial charge in [-0.3, -0.25) is 0 Å². The summed E-state index contributed by atoms with van der Waals surface area (Å²) in [5.41, 5.74) is -1.29. The molecule has 3 rings (SSSR count). The van der Waals surface area contributed by atoms with Gasteiger partial charge in [-0.05, 0) is 48.4 Å². The van der Waals surface area contributed by atoms with Gasteiger partial charge in [0.2, 0.25) is 5.60 Å². The number of carbonyl (C=O) groups is 2.